The molecule has 1 aromatic rings. The lowest BCUT2D eigenvalue weighted by molar-refractivity contribution is -0.932. The van der Waals surface area contributed by atoms with Gasteiger partial charge in [0.05, 0.1) is 20.6 Å². The second-order valence-corrected chi connectivity index (χ2v) is 4.49. The van der Waals surface area contributed by atoms with Gasteiger partial charge in [-0.2, -0.15) is 5.43 Å². The van der Waals surface area contributed by atoms with E-state index in [1.54, 1.807) is 33.2 Å². The van der Waals surface area contributed by atoms with E-state index in [0.29, 0.717) is 12.1 Å². The molecule has 0 bridgehead atoms. The van der Waals surface area contributed by atoms with E-state index >= 15 is 0 Å². The largest absolute Gasteiger partial charge is 0.848 e. The first-order valence-electron chi connectivity index (χ1n) is 5.27. The zero-order chi connectivity index (χ0) is 12.2. The standard InChI is InChI=1S/C12H18N2O2/c1-10(15)9-14(2,3)13-12(16)11-7-5-4-6-8-11/h4-8,10H,9H2,1-3H3,(H,13,16). The molecule has 0 saturated heterocycles. The number of benzene rings is 1. The molecule has 4 nitrogen and oxygen atoms in total. The average molecular weight is 222 g/mol. The van der Waals surface area contributed by atoms with Gasteiger partial charge in [-0.3, -0.25) is 4.79 Å². The lowest BCUT2D eigenvalue weighted by Crippen LogP contribution is -2.58. The van der Waals surface area contributed by atoms with Gasteiger partial charge in [0.15, 0.2) is 0 Å². The van der Waals surface area contributed by atoms with E-state index in [1.165, 1.54) is 0 Å². The molecule has 1 unspecified atom stereocenters. The summed E-state index contributed by atoms with van der Waals surface area (Å²) in [6.45, 7) is 1.95. The van der Waals surface area contributed by atoms with E-state index < -0.39 is 6.10 Å². The summed E-state index contributed by atoms with van der Waals surface area (Å²) in [5.74, 6) is -0.161. The second kappa shape index (κ2) is 5.09. The quantitative estimate of drug-likeness (QED) is 0.582. The van der Waals surface area contributed by atoms with E-state index in [1.807, 2.05) is 18.2 Å². The number of rotatable bonds is 4. The number of carbonyl (C=O) groups is 1. The molecule has 0 saturated carbocycles. The maximum Gasteiger partial charge on any atom is 0.295 e. The third-order valence-corrected chi connectivity index (χ3v) is 2.15. The van der Waals surface area contributed by atoms with Gasteiger partial charge in [-0.25, -0.2) is 4.59 Å². The van der Waals surface area contributed by atoms with E-state index in [9.17, 15) is 9.90 Å². The zero-order valence-corrected chi connectivity index (χ0v) is 9.93. The van der Waals surface area contributed by atoms with Crippen molar-refractivity contribution in [3.05, 3.63) is 35.9 Å². The predicted octanol–water partition coefficient (Wildman–Crippen LogP) is 0.157. The Morgan fingerprint density at radius 2 is 1.94 bits per heavy atom. The predicted molar refractivity (Wildman–Crippen MR) is 60.3 cm³/mol. The molecule has 1 rings (SSSR count). The van der Waals surface area contributed by atoms with Crippen LogP contribution in [0.4, 0.5) is 0 Å². The fourth-order valence-corrected chi connectivity index (χ4v) is 1.62. The second-order valence-electron chi connectivity index (χ2n) is 4.49. The lowest BCUT2D eigenvalue weighted by atomic mass is 10.2. The normalized spacial score (nSPS) is 13.2. The summed E-state index contributed by atoms with van der Waals surface area (Å²) in [7, 11) is 3.60. The van der Waals surface area contributed by atoms with Crippen LogP contribution in [0.3, 0.4) is 0 Å². The average Bonchev–Trinajstić information content (AvgIpc) is 2.16. The molecule has 0 spiro atoms. The van der Waals surface area contributed by atoms with Gasteiger partial charge < -0.3 is 5.11 Å². The zero-order valence-electron chi connectivity index (χ0n) is 9.93. The number of nitrogens with zero attached hydrogens (tertiary/aromatic N) is 1. The molecule has 0 aliphatic carbocycles. The van der Waals surface area contributed by atoms with Crippen molar-refractivity contribution in [2.24, 2.45) is 0 Å². The first-order valence-corrected chi connectivity index (χ1v) is 5.27. The summed E-state index contributed by atoms with van der Waals surface area (Å²) in [6.07, 6.45) is -0.703. The van der Waals surface area contributed by atoms with E-state index in [-0.39, 0.29) is 10.5 Å². The summed E-state index contributed by atoms with van der Waals surface area (Å²) < 4.78 is 0.193. The third-order valence-electron chi connectivity index (χ3n) is 2.15. The van der Waals surface area contributed by atoms with Gasteiger partial charge in [0, 0.05) is 5.56 Å². The molecule has 0 aliphatic heterocycles. The maximum absolute atomic E-state index is 11.8. The SMILES string of the molecule is CC([O-])C[N+](C)(C)NC(=O)c1ccccc1. The van der Waals surface area contributed by atoms with Crippen LogP contribution in [0.25, 0.3) is 0 Å². The molecule has 0 aliphatic rings. The molecule has 0 heterocycles. The van der Waals surface area contributed by atoms with Gasteiger partial charge in [0.1, 0.15) is 0 Å². The Hall–Kier alpha value is -1.39. The summed E-state index contributed by atoms with van der Waals surface area (Å²) in [4.78, 5) is 11.8. The van der Waals surface area contributed by atoms with Crippen molar-refractivity contribution < 1.29 is 14.5 Å². The van der Waals surface area contributed by atoms with Crippen molar-refractivity contribution >= 4 is 5.91 Å². The highest BCUT2D eigenvalue weighted by molar-refractivity contribution is 5.93. The number of hydrogen-bond acceptors (Lipinski definition) is 2. The molecule has 1 amide bonds. The van der Waals surface area contributed by atoms with Crippen molar-refractivity contribution in [2.45, 2.75) is 13.0 Å². The van der Waals surface area contributed by atoms with Crippen LogP contribution in [0.15, 0.2) is 30.3 Å². The Kier molecular flexibility index (Phi) is 4.04. The van der Waals surface area contributed by atoms with Crippen molar-refractivity contribution in [1.29, 1.82) is 0 Å². The lowest BCUT2D eigenvalue weighted by Gasteiger charge is -2.33. The highest BCUT2D eigenvalue weighted by atomic mass is 16.3. The first kappa shape index (κ1) is 12.7. The number of quaternary nitrogens is 1. The van der Waals surface area contributed by atoms with Crippen molar-refractivity contribution in [3.8, 4) is 0 Å². The molecule has 16 heavy (non-hydrogen) atoms. The van der Waals surface area contributed by atoms with Gasteiger partial charge in [-0.15, -0.1) is 0 Å². The first-order chi connectivity index (χ1) is 7.41. The molecule has 0 radical (unpaired) electrons. The highest BCUT2D eigenvalue weighted by Crippen LogP contribution is 2.01. The van der Waals surface area contributed by atoms with E-state index in [0.717, 1.165) is 0 Å². The van der Waals surface area contributed by atoms with E-state index in [4.69, 9.17) is 0 Å². The Balaban J connectivity index is 2.64. The molecular formula is C12H18N2O2. The summed E-state index contributed by atoms with van der Waals surface area (Å²) in [6, 6.07) is 8.97. The van der Waals surface area contributed by atoms with Gasteiger partial charge in [0.25, 0.3) is 5.91 Å². The molecule has 88 valence electrons. The Morgan fingerprint density at radius 3 is 2.44 bits per heavy atom. The number of hydrogen-bond donors (Lipinski definition) is 1. The number of amides is 1. The summed E-state index contributed by atoms with van der Waals surface area (Å²) in [5, 5.41) is 11.1. The number of likely N-dealkylation sites (N-methyl/N-ethyl adjacent to an activating group) is 1. The Morgan fingerprint density at radius 1 is 1.38 bits per heavy atom. The van der Waals surface area contributed by atoms with Crippen LogP contribution in [0, 0.1) is 0 Å². The van der Waals surface area contributed by atoms with Gasteiger partial charge in [-0.1, -0.05) is 31.2 Å². The van der Waals surface area contributed by atoms with Gasteiger partial charge in [0.2, 0.25) is 0 Å². The van der Waals surface area contributed by atoms with Crippen LogP contribution < -0.4 is 10.5 Å². The van der Waals surface area contributed by atoms with Crippen molar-refractivity contribution in [3.63, 3.8) is 0 Å². The van der Waals surface area contributed by atoms with Crippen LogP contribution >= 0.6 is 0 Å². The van der Waals surface area contributed by atoms with Crippen LogP contribution in [0.5, 0.6) is 0 Å². The van der Waals surface area contributed by atoms with Crippen LogP contribution in [0.2, 0.25) is 0 Å². The minimum atomic E-state index is -0.703. The summed E-state index contributed by atoms with van der Waals surface area (Å²) >= 11 is 0. The Bertz CT molecular complexity index is 347. The minimum Gasteiger partial charge on any atom is -0.848 e. The smallest absolute Gasteiger partial charge is 0.295 e. The van der Waals surface area contributed by atoms with Crippen LogP contribution in [-0.4, -0.2) is 37.2 Å². The topological polar surface area (TPSA) is 52.2 Å². The summed E-state index contributed by atoms with van der Waals surface area (Å²) in [5.41, 5.74) is 3.41. The fourth-order valence-electron chi connectivity index (χ4n) is 1.62. The minimum absolute atomic E-state index is 0.161. The maximum atomic E-state index is 11.8. The number of carbonyl (C=O) groups excluding carboxylic acids is 1. The fraction of sp³-hybridized carbons (Fsp3) is 0.417. The third kappa shape index (κ3) is 4.00. The van der Waals surface area contributed by atoms with E-state index in [2.05, 4.69) is 5.43 Å². The molecule has 1 atom stereocenters. The number of nitrogens with one attached hydrogen (secondary N) is 1. The van der Waals surface area contributed by atoms with Crippen LogP contribution in [0.1, 0.15) is 17.3 Å². The molecular weight excluding hydrogens is 204 g/mol. The molecule has 4 heteroatoms. The molecule has 1 aromatic carbocycles. The Labute approximate surface area is 96.1 Å². The van der Waals surface area contributed by atoms with Crippen LogP contribution in [-0.2, 0) is 0 Å². The molecule has 0 fully saturated rings. The highest BCUT2D eigenvalue weighted by Gasteiger charge is 2.19. The van der Waals surface area contributed by atoms with Gasteiger partial charge >= 0.3 is 0 Å². The van der Waals surface area contributed by atoms with Crippen molar-refractivity contribution in [2.75, 3.05) is 20.6 Å². The van der Waals surface area contributed by atoms with Crippen molar-refractivity contribution in [1.82, 2.24) is 5.43 Å². The monoisotopic (exact) mass is 222 g/mol. The molecule has 1 N–H and O–H groups in total. The van der Waals surface area contributed by atoms with Gasteiger partial charge in [-0.05, 0) is 12.1 Å². The molecule has 0 aromatic heterocycles.